The van der Waals surface area contributed by atoms with E-state index in [1.54, 1.807) is 0 Å². The van der Waals surface area contributed by atoms with E-state index in [1.165, 1.54) is 25.7 Å². The van der Waals surface area contributed by atoms with Crippen LogP contribution in [0.15, 0.2) is 0 Å². The van der Waals surface area contributed by atoms with E-state index in [1.807, 2.05) is 0 Å². The minimum atomic E-state index is 0. The summed E-state index contributed by atoms with van der Waals surface area (Å²) in [5.74, 6) is 0. The van der Waals surface area contributed by atoms with Crippen molar-refractivity contribution in [1.29, 1.82) is 0 Å². The van der Waals surface area contributed by atoms with E-state index < -0.39 is 0 Å². The summed E-state index contributed by atoms with van der Waals surface area (Å²) in [6, 6.07) is 0. The van der Waals surface area contributed by atoms with Gasteiger partial charge in [-0.05, 0) is 0 Å². The fraction of sp³-hybridized carbons (Fsp3) is 0.857. The van der Waals surface area contributed by atoms with Crippen molar-refractivity contribution in [3.63, 3.8) is 0 Å². The molecule has 0 unspecified atom stereocenters. The Balaban J connectivity index is 0. The fourth-order valence-corrected chi connectivity index (χ4v) is 0.604. The molecule has 0 aromatic rings. The molecule has 0 fully saturated rings. The predicted molar refractivity (Wildman–Crippen MR) is 42.7 cm³/mol. The molecule has 1 heteroatoms. The van der Waals surface area contributed by atoms with Gasteiger partial charge in [-0.2, -0.15) is 0 Å². The molecule has 0 aromatic heterocycles. The molecule has 47 valence electrons. The first-order chi connectivity index (χ1) is 3.41. The van der Waals surface area contributed by atoms with Crippen LogP contribution in [-0.2, 0) is 0 Å². The maximum absolute atomic E-state index is 3.76. The van der Waals surface area contributed by atoms with Gasteiger partial charge in [-0.3, -0.25) is 0 Å². The van der Waals surface area contributed by atoms with Crippen LogP contribution in [0.5, 0.6) is 0 Å². The van der Waals surface area contributed by atoms with Crippen LogP contribution in [0.3, 0.4) is 0 Å². The zero-order chi connectivity index (χ0) is 5.54. The quantitative estimate of drug-likeness (QED) is 0.414. The Hall–Kier alpha value is 1.26. The third-order valence-corrected chi connectivity index (χ3v) is 1.10. The van der Waals surface area contributed by atoms with Crippen molar-refractivity contribution in [3.8, 4) is 0 Å². The Kier molecular flexibility index (Phi) is 16.6. The molecule has 0 bridgehead atoms. The van der Waals surface area contributed by atoms with Gasteiger partial charge < -0.3 is 0 Å². The van der Waals surface area contributed by atoms with Crippen LogP contribution < -0.4 is 0 Å². The number of hydrogen-bond donors (Lipinski definition) is 0. The fourth-order valence-electron chi connectivity index (χ4n) is 0.604. The predicted octanol–water partition coefficient (Wildman–Crippen LogP) is 1.87. The van der Waals surface area contributed by atoms with E-state index in [9.17, 15) is 0 Å². The van der Waals surface area contributed by atoms with E-state index in [4.69, 9.17) is 0 Å². The van der Waals surface area contributed by atoms with Gasteiger partial charge in [-0.15, -0.1) is 0 Å². The molecule has 0 amide bonds. The van der Waals surface area contributed by atoms with Crippen LogP contribution in [0.4, 0.5) is 0 Å². The Morgan fingerprint density at radius 2 is 1.75 bits per heavy atom. The van der Waals surface area contributed by atoms with Crippen LogP contribution in [0.25, 0.3) is 0 Å². The third kappa shape index (κ3) is 10.3. The Morgan fingerprint density at radius 1 is 1.12 bits per heavy atom. The number of hydrogen-bond acceptors (Lipinski definition) is 0. The van der Waals surface area contributed by atoms with Crippen molar-refractivity contribution in [2.75, 3.05) is 0 Å². The zero-order valence-electron chi connectivity index (χ0n) is 5.24. The Morgan fingerprint density at radius 3 is 2.12 bits per heavy atom. The summed E-state index contributed by atoms with van der Waals surface area (Å²) in [5.41, 5.74) is 0. The molecule has 0 heterocycles. The van der Waals surface area contributed by atoms with Gasteiger partial charge in [0.2, 0.25) is 0 Å². The number of unbranched alkanes of at least 4 members (excludes halogenated alkanes) is 4. The Bertz CT molecular complexity index is 23.6. The molecule has 0 atom stereocenters. The molecule has 0 saturated heterocycles. The van der Waals surface area contributed by atoms with Gasteiger partial charge in [0.25, 0.3) is 0 Å². The summed E-state index contributed by atoms with van der Waals surface area (Å²) in [6.07, 6.45) is 6.52. The summed E-state index contributed by atoms with van der Waals surface area (Å²) in [4.78, 5) is 0. The molecule has 0 rings (SSSR count). The standard InChI is InChI=1S/C7H15.Ca.2H/c1-3-5-7-6-4-2;;;/h1,3-7H2,2H3;;;. The second kappa shape index (κ2) is 11.1. The van der Waals surface area contributed by atoms with Crippen molar-refractivity contribution in [1.82, 2.24) is 0 Å². The van der Waals surface area contributed by atoms with Gasteiger partial charge in [0, 0.05) is 0 Å². The van der Waals surface area contributed by atoms with Crippen LogP contribution in [0, 0.1) is 6.92 Å². The molecule has 0 aromatic carbocycles. The molecule has 0 nitrogen and oxygen atoms in total. The summed E-state index contributed by atoms with van der Waals surface area (Å²) in [7, 11) is 0. The van der Waals surface area contributed by atoms with Crippen molar-refractivity contribution in [2.45, 2.75) is 39.0 Å². The molecule has 0 saturated carbocycles. The normalized spacial score (nSPS) is 8.25. The SMILES string of the molecule is [CH2]CCCCCC.[CaH2]. The number of rotatable bonds is 4. The second-order valence-corrected chi connectivity index (χ2v) is 1.91. The molecular weight excluding hydrogens is 124 g/mol. The summed E-state index contributed by atoms with van der Waals surface area (Å²) >= 11 is 0. The molecular formula is C7H17Ca. The third-order valence-electron chi connectivity index (χ3n) is 1.10. The van der Waals surface area contributed by atoms with Crippen LogP contribution in [0.1, 0.15) is 39.0 Å². The van der Waals surface area contributed by atoms with Crippen molar-refractivity contribution in [3.05, 3.63) is 6.92 Å². The molecule has 0 spiro atoms. The first kappa shape index (κ1) is 12.0. The molecule has 0 aliphatic carbocycles. The van der Waals surface area contributed by atoms with Gasteiger partial charge >= 0.3 is 37.7 Å². The van der Waals surface area contributed by atoms with Crippen LogP contribution in [0.2, 0.25) is 0 Å². The van der Waals surface area contributed by atoms with E-state index in [0.717, 1.165) is 6.42 Å². The van der Waals surface area contributed by atoms with Gasteiger partial charge in [0.15, 0.2) is 0 Å². The van der Waals surface area contributed by atoms with Crippen LogP contribution in [-0.4, -0.2) is 37.7 Å². The topological polar surface area (TPSA) is 0 Å². The van der Waals surface area contributed by atoms with E-state index in [-0.39, 0.29) is 37.7 Å². The summed E-state index contributed by atoms with van der Waals surface area (Å²) in [5, 5.41) is 0. The molecule has 0 aliphatic rings. The summed E-state index contributed by atoms with van der Waals surface area (Å²) in [6.45, 7) is 5.98. The monoisotopic (exact) mass is 141 g/mol. The summed E-state index contributed by atoms with van der Waals surface area (Å²) < 4.78 is 0. The van der Waals surface area contributed by atoms with Gasteiger partial charge in [-0.25, -0.2) is 0 Å². The zero-order valence-corrected chi connectivity index (χ0v) is 5.24. The molecule has 0 aliphatic heterocycles. The minimum absolute atomic E-state index is 0. The van der Waals surface area contributed by atoms with Crippen molar-refractivity contribution in [2.24, 2.45) is 0 Å². The van der Waals surface area contributed by atoms with Gasteiger partial charge in [0.05, 0.1) is 0 Å². The maximum atomic E-state index is 3.76. The average molecular weight is 141 g/mol. The first-order valence-corrected chi connectivity index (χ1v) is 3.21. The van der Waals surface area contributed by atoms with E-state index >= 15 is 0 Å². The molecule has 8 heavy (non-hydrogen) atoms. The molecule has 0 N–H and O–H groups in total. The second-order valence-electron chi connectivity index (χ2n) is 1.91. The van der Waals surface area contributed by atoms with E-state index in [2.05, 4.69) is 13.8 Å². The Labute approximate surface area is 83.0 Å². The van der Waals surface area contributed by atoms with Crippen LogP contribution >= 0.6 is 0 Å². The first-order valence-electron chi connectivity index (χ1n) is 3.21. The van der Waals surface area contributed by atoms with Crippen molar-refractivity contribution >= 4 is 37.7 Å². The van der Waals surface area contributed by atoms with Gasteiger partial charge in [-0.1, -0.05) is 46.0 Å². The van der Waals surface area contributed by atoms with E-state index in [0.29, 0.717) is 0 Å². The van der Waals surface area contributed by atoms with Gasteiger partial charge in [0.1, 0.15) is 0 Å². The van der Waals surface area contributed by atoms with Crippen molar-refractivity contribution < 1.29 is 0 Å². The molecule has 1 radical (unpaired) electrons. The average Bonchev–Trinajstić information content (AvgIpc) is 1.69.